The first-order chi connectivity index (χ1) is 8.81. The van der Waals surface area contributed by atoms with Crippen molar-refractivity contribution in [2.45, 2.75) is 32.7 Å². The van der Waals surface area contributed by atoms with Crippen LogP contribution in [-0.4, -0.2) is 23.7 Å². The average Bonchev–Trinajstić information content (AvgIpc) is 2.27. The molecule has 0 heterocycles. The summed E-state index contributed by atoms with van der Waals surface area (Å²) in [5.74, 6) is -0.932. The van der Waals surface area contributed by atoms with E-state index in [-0.39, 0.29) is 19.0 Å². The molecule has 0 atom stereocenters. The Balaban J connectivity index is 2.59. The number of aliphatic carboxylic acids is 1. The summed E-state index contributed by atoms with van der Waals surface area (Å²) in [6.45, 7) is 5.91. The summed E-state index contributed by atoms with van der Waals surface area (Å²) in [5, 5.41) is 13.8. The van der Waals surface area contributed by atoms with E-state index in [9.17, 15) is 9.59 Å². The number of benzene rings is 1. The number of nitrogens with one attached hydrogen (secondary N) is 2. The van der Waals surface area contributed by atoms with Crippen molar-refractivity contribution >= 4 is 12.0 Å². The maximum Gasteiger partial charge on any atom is 0.315 e. The molecule has 104 valence electrons. The second-order valence-corrected chi connectivity index (χ2v) is 5.02. The van der Waals surface area contributed by atoms with Gasteiger partial charge in [0.15, 0.2) is 0 Å². The first kappa shape index (κ1) is 15.0. The topological polar surface area (TPSA) is 78.4 Å². The van der Waals surface area contributed by atoms with E-state index in [0.717, 1.165) is 11.1 Å². The number of carboxylic acid groups (broad SMARTS) is 1. The molecule has 1 rings (SSSR count). The predicted molar refractivity (Wildman–Crippen MR) is 73.0 cm³/mol. The van der Waals surface area contributed by atoms with Gasteiger partial charge in [-0.1, -0.05) is 29.8 Å². The van der Waals surface area contributed by atoms with E-state index >= 15 is 0 Å². The first-order valence-corrected chi connectivity index (χ1v) is 6.16. The van der Waals surface area contributed by atoms with Gasteiger partial charge in [0.05, 0.1) is 12.0 Å². The molecular formula is C14H20N2O3. The lowest BCUT2D eigenvalue weighted by Gasteiger charge is -2.27. The number of hydrogen-bond acceptors (Lipinski definition) is 2. The van der Waals surface area contributed by atoms with E-state index in [0.29, 0.717) is 0 Å². The highest BCUT2D eigenvalue weighted by atomic mass is 16.4. The molecular weight excluding hydrogens is 244 g/mol. The van der Waals surface area contributed by atoms with Gasteiger partial charge in [-0.3, -0.25) is 4.79 Å². The van der Waals surface area contributed by atoms with Gasteiger partial charge in [-0.05, 0) is 26.3 Å². The maximum atomic E-state index is 11.7. The summed E-state index contributed by atoms with van der Waals surface area (Å²) in [4.78, 5) is 22.0. The first-order valence-electron chi connectivity index (χ1n) is 6.16. The Bertz CT molecular complexity index is 470. The second-order valence-electron chi connectivity index (χ2n) is 5.02. The smallest absolute Gasteiger partial charge is 0.315 e. The van der Waals surface area contributed by atoms with Crippen LogP contribution in [0.25, 0.3) is 0 Å². The van der Waals surface area contributed by atoms with Gasteiger partial charge in [-0.15, -0.1) is 0 Å². The Morgan fingerprint density at radius 1 is 1.32 bits per heavy atom. The summed E-state index contributed by atoms with van der Waals surface area (Å²) in [6, 6.07) is 7.53. The SMILES string of the molecule is Cc1cccc(C(C)(C)NC(=O)NCCC(=O)O)c1. The molecule has 0 aliphatic rings. The molecule has 0 bridgehead atoms. The fraction of sp³-hybridized carbons (Fsp3) is 0.429. The van der Waals surface area contributed by atoms with Gasteiger partial charge in [0.1, 0.15) is 0 Å². The Morgan fingerprint density at radius 3 is 2.58 bits per heavy atom. The molecule has 0 aromatic heterocycles. The van der Waals surface area contributed by atoms with Crippen molar-refractivity contribution in [1.82, 2.24) is 10.6 Å². The fourth-order valence-corrected chi connectivity index (χ4v) is 1.72. The summed E-state index contributed by atoms with van der Waals surface area (Å²) < 4.78 is 0. The maximum absolute atomic E-state index is 11.7. The number of rotatable bonds is 5. The van der Waals surface area contributed by atoms with Crippen LogP contribution >= 0.6 is 0 Å². The average molecular weight is 264 g/mol. The quantitative estimate of drug-likeness (QED) is 0.761. The third-order valence-electron chi connectivity index (χ3n) is 2.79. The highest BCUT2D eigenvalue weighted by molar-refractivity contribution is 5.76. The molecule has 2 amide bonds. The van der Waals surface area contributed by atoms with E-state index in [1.165, 1.54) is 0 Å². The normalized spacial score (nSPS) is 10.9. The van der Waals surface area contributed by atoms with Crippen molar-refractivity contribution in [1.29, 1.82) is 0 Å². The summed E-state index contributed by atoms with van der Waals surface area (Å²) >= 11 is 0. The van der Waals surface area contributed by atoms with Gasteiger partial charge in [0.25, 0.3) is 0 Å². The summed E-state index contributed by atoms with van der Waals surface area (Å²) in [6.07, 6.45) is -0.0850. The van der Waals surface area contributed by atoms with Crippen molar-refractivity contribution in [2.24, 2.45) is 0 Å². The number of aryl methyl sites for hydroxylation is 1. The van der Waals surface area contributed by atoms with Crippen LogP contribution in [-0.2, 0) is 10.3 Å². The van der Waals surface area contributed by atoms with Gasteiger partial charge in [-0.2, -0.15) is 0 Å². The second kappa shape index (κ2) is 6.22. The van der Waals surface area contributed by atoms with Crippen molar-refractivity contribution in [3.8, 4) is 0 Å². The Morgan fingerprint density at radius 2 is 2.00 bits per heavy atom. The highest BCUT2D eigenvalue weighted by Crippen LogP contribution is 2.20. The lowest BCUT2D eigenvalue weighted by Crippen LogP contribution is -2.46. The summed E-state index contributed by atoms with van der Waals surface area (Å²) in [5.41, 5.74) is 1.61. The van der Waals surface area contributed by atoms with E-state index in [4.69, 9.17) is 5.11 Å². The van der Waals surface area contributed by atoms with Crippen LogP contribution in [0.4, 0.5) is 4.79 Å². The van der Waals surface area contributed by atoms with Crippen molar-refractivity contribution in [3.63, 3.8) is 0 Å². The Kier molecular flexibility index (Phi) is 4.92. The number of carbonyl (C=O) groups is 2. The van der Waals surface area contributed by atoms with Crippen molar-refractivity contribution in [2.75, 3.05) is 6.54 Å². The van der Waals surface area contributed by atoms with Crippen LogP contribution in [0.5, 0.6) is 0 Å². The zero-order chi connectivity index (χ0) is 14.5. The molecule has 5 nitrogen and oxygen atoms in total. The monoisotopic (exact) mass is 264 g/mol. The van der Waals surface area contributed by atoms with E-state index < -0.39 is 11.5 Å². The van der Waals surface area contributed by atoms with Gasteiger partial charge in [-0.25, -0.2) is 4.79 Å². The van der Waals surface area contributed by atoms with Crippen LogP contribution in [0.15, 0.2) is 24.3 Å². The Hall–Kier alpha value is -2.04. The van der Waals surface area contributed by atoms with Crippen molar-refractivity contribution < 1.29 is 14.7 Å². The molecule has 0 aliphatic carbocycles. The lowest BCUT2D eigenvalue weighted by atomic mass is 9.93. The molecule has 0 saturated heterocycles. The van der Waals surface area contributed by atoms with Gasteiger partial charge in [0, 0.05) is 6.54 Å². The van der Waals surface area contributed by atoms with Crippen LogP contribution in [0.2, 0.25) is 0 Å². The largest absolute Gasteiger partial charge is 0.481 e. The number of carbonyl (C=O) groups excluding carboxylic acids is 1. The minimum atomic E-state index is -0.932. The van der Waals surface area contributed by atoms with Crippen LogP contribution in [0.3, 0.4) is 0 Å². The van der Waals surface area contributed by atoms with Crippen LogP contribution in [0.1, 0.15) is 31.4 Å². The molecule has 0 unspecified atom stereocenters. The van der Waals surface area contributed by atoms with Crippen molar-refractivity contribution in [3.05, 3.63) is 35.4 Å². The minimum absolute atomic E-state index is 0.0850. The van der Waals surface area contributed by atoms with Crippen LogP contribution in [0, 0.1) is 6.92 Å². The third-order valence-corrected chi connectivity index (χ3v) is 2.79. The standard InChI is InChI=1S/C14H20N2O3/c1-10-5-4-6-11(9-10)14(2,3)16-13(19)15-8-7-12(17)18/h4-6,9H,7-8H2,1-3H3,(H,17,18)(H2,15,16,19). The molecule has 1 aromatic rings. The van der Waals surface area contributed by atoms with Gasteiger partial charge >= 0.3 is 12.0 Å². The lowest BCUT2D eigenvalue weighted by molar-refractivity contribution is -0.136. The zero-order valence-electron chi connectivity index (χ0n) is 11.5. The molecule has 19 heavy (non-hydrogen) atoms. The molecule has 3 N–H and O–H groups in total. The zero-order valence-corrected chi connectivity index (χ0v) is 11.5. The molecule has 0 aliphatic heterocycles. The molecule has 0 spiro atoms. The fourth-order valence-electron chi connectivity index (χ4n) is 1.72. The molecule has 1 aromatic carbocycles. The number of hydrogen-bond donors (Lipinski definition) is 3. The van der Waals surface area contributed by atoms with Gasteiger partial charge in [0.2, 0.25) is 0 Å². The number of carboxylic acids is 1. The molecule has 5 heteroatoms. The van der Waals surface area contributed by atoms with E-state index in [1.807, 2.05) is 45.0 Å². The highest BCUT2D eigenvalue weighted by Gasteiger charge is 2.22. The number of urea groups is 1. The predicted octanol–water partition coefficient (Wildman–Crippen LogP) is 2.00. The molecule has 0 fully saturated rings. The van der Waals surface area contributed by atoms with Gasteiger partial charge < -0.3 is 15.7 Å². The Labute approximate surface area is 113 Å². The number of amides is 2. The summed E-state index contributed by atoms with van der Waals surface area (Å²) in [7, 11) is 0. The molecule has 0 radical (unpaired) electrons. The van der Waals surface area contributed by atoms with E-state index in [2.05, 4.69) is 10.6 Å². The minimum Gasteiger partial charge on any atom is -0.481 e. The molecule has 0 saturated carbocycles. The third kappa shape index (κ3) is 4.99. The van der Waals surface area contributed by atoms with E-state index in [1.54, 1.807) is 0 Å². The van der Waals surface area contributed by atoms with Crippen LogP contribution < -0.4 is 10.6 Å².